The first-order chi connectivity index (χ1) is 10.2. The van der Waals surface area contributed by atoms with Crippen molar-refractivity contribution in [3.05, 3.63) is 59.6 Å². The number of hydrogen-bond donors (Lipinski definition) is 1. The summed E-state index contributed by atoms with van der Waals surface area (Å²) in [6.45, 7) is 4.49. The highest BCUT2D eigenvalue weighted by molar-refractivity contribution is 5.78. The van der Waals surface area contributed by atoms with Gasteiger partial charge in [0.2, 0.25) is 0 Å². The third-order valence-electron chi connectivity index (χ3n) is 3.32. The van der Waals surface area contributed by atoms with Crippen LogP contribution in [-0.4, -0.2) is 16.7 Å². The van der Waals surface area contributed by atoms with Crippen molar-refractivity contribution in [1.29, 1.82) is 0 Å². The number of ether oxygens (including phenoxy) is 1. The standard InChI is InChI=1S/C17H17NO3/c1-3-20-14-7-13(9-18-10-14)17(19)16-8-12-6-11(2)4-5-15(12)21-16/h4-10,17,19H,3H2,1-2H3. The largest absolute Gasteiger partial charge is 0.492 e. The van der Waals surface area contributed by atoms with E-state index in [-0.39, 0.29) is 0 Å². The van der Waals surface area contributed by atoms with Gasteiger partial charge in [0, 0.05) is 17.1 Å². The molecule has 0 radical (unpaired) electrons. The van der Waals surface area contributed by atoms with Gasteiger partial charge < -0.3 is 14.3 Å². The zero-order valence-electron chi connectivity index (χ0n) is 12.0. The van der Waals surface area contributed by atoms with E-state index in [4.69, 9.17) is 9.15 Å². The van der Waals surface area contributed by atoms with Crippen LogP contribution in [0.1, 0.15) is 29.9 Å². The van der Waals surface area contributed by atoms with Crippen LogP contribution in [0.25, 0.3) is 11.0 Å². The molecule has 4 heteroatoms. The number of benzene rings is 1. The van der Waals surface area contributed by atoms with Gasteiger partial charge in [-0.2, -0.15) is 0 Å². The predicted molar refractivity (Wildman–Crippen MR) is 80.4 cm³/mol. The summed E-state index contributed by atoms with van der Waals surface area (Å²) in [5, 5.41) is 11.4. The zero-order chi connectivity index (χ0) is 14.8. The Morgan fingerprint density at radius 2 is 2.10 bits per heavy atom. The number of nitrogens with zero attached hydrogens (tertiary/aromatic N) is 1. The highest BCUT2D eigenvalue weighted by Gasteiger charge is 2.16. The topological polar surface area (TPSA) is 55.5 Å². The van der Waals surface area contributed by atoms with Gasteiger partial charge in [0.05, 0.1) is 12.8 Å². The molecular formula is C17H17NO3. The van der Waals surface area contributed by atoms with Crippen molar-refractivity contribution < 1.29 is 14.3 Å². The van der Waals surface area contributed by atoms with Gasteiger partial charge >= 0.3 is 0 Å². The number of fused-ring (bicyclic) bond motifs is 1. The Kier molecular flexibility index (Phi) is 3.62. The minimum atomic E-state index is -0.856. The first-order valence-electron chi connectivity index (χ1n) is 6.93. The van der Waals surface area contributed by atoms with Gasteiger partial charge in [-0.15, -0.1) is 0 Å². The molecule has 1 unspecified atom stereocenters. The maximum Gasteiger partial charge on any atom is 0.138 e. The van der Waals surface area contributed by atoms with Gasteiger partial charge in [-0.1, -0.05) is 11.6 Å². The van der Waals surface area contributed by atoms with Gasteiger partial charge in [0.15, 0.2) is 0 Å². The average Bonchev–Trinajstić information content (AvgIpc) is 2.90. The zero-order valence-corrected chi connectivity index (χ0v) is 12.0. The lowest BCUT2D eigenvalue weighted by atomic mass is 10.1. The number of aryl methyl sites for hydroxylation is 1. The molecule has 4 nitrogen and oxygen atoms in total. The Hall–Kier alpha value is -2.33. The highest BCUT2D eigenvalue weighted by Crippen LogP contribution is 2.29. The van der Waals surface area contributed by atoms with Crippen molar-refractivity contribution >= 4 is 11.0 Å². The van der Waals surface area contributed by atoms with Crippen molar-refractivity contribution in [3.63, 3.8) is 0 Å². The van der Waals surface area contributed by atoms with Crippen LogP contribution in [0.3, 0.4) is 0 Å². The third kappa shape index (κ3) is 2.76. The maximum absolute atomic E-state index is 10.5. The van der Waals surface area contributed by atoms with E-state index in [1.807, 2.05) is 38.1 Å². The first kappa shape index (κ1) is 13.6. The number of aliphatic hydroxyl groups excluding tert-OH is 1. The van der Waals surface area contributed by atoms with E-state index in [2.05, 4.69) is 4.98 Å². The van der Waals surface area contributed by atoms with E-state index >= 15 is 0 Å². The Labute approximate surface area is 123 Å². The molecule has 0 saturated carbocycles. The van der Waals surface area contributed by atoms with E-state index in [1.165, 1.54) is 0 Å². The molecule has 0 aliphatic rings. The molecule has 3 rings (SSSR count). The molecule has 108 valence electrons. The van der Waals surface area contributed by atoms with Crippen LogP contribution >= 0.6 is 0 Å². The third-order valence-corrected chi connectivity index (χ3v) is 3.32. The Bertz CT molecular complexity index is 764. The molecule has 3 aromatic rings. The van der Waals surface area contributed by atoms with Crippen LogP contribution in [0, 0.1) is 6.92 Å². The summed E-state index contributed by atoms with van der Waals surface area (Å²) in [4.78, 5) is 4.09. The number of rotatable bonds is 4. The molecule has 0 fully saturated rings. The Morgan fingerprint density at radius 3 is 2.90 bits per heavy atom. The molecule has 0 saturated heterocycles. The summed E-state index contributed by atoms with van der Waals surface area (Å²) in [6.07, 6.45) is 2.39. The Balaban J connectivity index is 1.95. The number of aromatic nitrogens is 1. The summed E-state index contributed by atoms with van der Waals surface area (Å²) < 4.78 is 11.1. The molecule has 2 aromatic heterocycles. The van der Waals surface area contributed by atoms with Crippen molar-refractivity contribution in [3.8, 4) is 5.75 Å². The van der Waals surface area contributed by atoms with Crippen LogP contribution in [0.5, 0.6) is 5.75 Å². The van der Waals surface area contributed by atoms with Crippen molar-refractivity contribution in [2.45, 2.75) is 20.0 Å². The summed E-state index contributed by atoms with van der Waals surface area (Å²) >= 11 is 0. The van der Waals surface area contributed by atoms with Crippen LogP contribution in [0.2, 0.25) is 0 Å². The quantitative estimate of drug-likeness (QED) is 0.794. The maximum atomic E-state index is 10.5. The summed E-state index contributed by atoms with van der Waals surface area (Å²) in [6, 6.07) is 9.57. The lowest BCUT2D eigenvalue weighted by Gasteiger charge is -2.09. The molecule has 0 spiro atoms. The summed E-state index contributed by atoms with van der Waals surface area (Å²) in [5.41, 5.74) is 2.57. The van der Waals surface area contributed by atoms with E-state index in [0.717, 1.165) is 16.5 Å². The van der Waals surface area contributed by atoms with Crippen LogP contribution < -0.4 is 4.74 Å². The van der Waals surface area contributed by atoms with Crippen LogP contribution in [-0.2, 0) is 0 Å². The SMILES string of the molecule is CCOc1cncc(C(O)c2cc3cc(C)ccc3o2)c1. The minimum absolute atomic E-state index is 0.506. The van der Waals surface area contributed by atoms with E-state index in [1.54, 1.807) is 18.5 Å². The van der Waals surface area contributed by atoms with Crippen LogP contribution in [0.15, 0.2) is 47.1 Å². The molecule has 1 aromatic carbocycles. The smallest absolute Gasteiger partial charge is 0.138 e. The number of aliphatic hydroxyl groups is 1. The molecule has 1 N–H and O–H groups in total. The predicted octanol–water partition coefficient (Wildman–Crippen LogP) is 3.62. The molecule has 0 bridgehead atoms. The second-order valence-electron chi connectivity index (χ2n) is 4.98. The fraction of sp³-hybridized carbons (Fsp3) is 0.235. The van der Waals surface area contributed by atoms with Gasteiger partial charge in [-0.3, -0.25) is 4.98 Å². The number of hydrogen-bond acceptors (Lipinski definition) is 4. The van der Waals surface area contributed by atoms with E-state index in [0.29, 0.717) is 23.7 Å². The lowest BCUT2D eigenvalue weighted by Crippen LogP contribution is -2.00. The molecule has 0 aliphatic carbocycles. The van der Waals surface area contributed by atoms with Gasteiger partial charge in [-0.05, 0) is 38.1 Å². The van der Waals surface area contributed by atoms with Crippen LogP contribution in [0.4, 0.5) is 0 Å². The molecular weight excluding hydrogens is 266 g/mol. The van der Waals surface area contributed by atoms with Crippen molar-refractivity contribution in [2.24, 2.45) is 0 Å². The summed E-state index contributed by atoms with van der Waals surface area (Å²) in [5.74, 6) is 1.15. The molecule has 2 heterocycles. The average molecular weight is 283 g/mol. The van der Waals surface area contributed by atoms with Crippen molar-refractivity contribution in [2.75, 3.05) is 6.61 Å². The molecule has 0 aliphatic heterocycles. The first-order valence-corrected chi connectivity index (χ1v) is 6.93. The van der Waals surface area contributed by atoms with E-state index in [9.17, 15) is 5.11 Å². The highest BCUT2D eigenvalue weighted by atomic mass is 16.5. The normalized spacial score (nSPS) is 12.5. The second-order valence-corrected chi connectivity index (χ2v) is 4.98. The molecule has 1 atom stereocenters. The number of pyridine rings is 1. The van der Waals surface area contributed by atoms with Gasteiger partial charge in [0.1, 0.15) is 23.2 Å². The van der Waals surface area contributed by atoms with E-state index < -0.39 is 6.10 Å². The minimum Gasteiger partial charge on any atom is -0.492 e. The summed E-state index contributed by atoms with van der Waals surface area (Å²) in [7, 11) is 0. The lowest BCUT2D eigenvalue weighted by molar-refractivity contribution is 0.191. The molecule has 0 amide bonds. The Morgan fingerprint density at radius 1 is 1.24 bits per heavy atom. The van der Waals surface area contributed by atoms with Crippen molar-refractivity contribution in [1.82, 2.24) is 4.98 Å². The fourth-order valence-corrected chi connectivity index (χ4v) is 2.31. The molecule has 21 heavy (non-hydrogen) atoms. The fourth-order valence-electron chi connectivity index (χ4n) is 2.31. The van der Waals surface area contributed by atoms with Gasteiger partial charge in [0.25, 0.3) is 0 Å². The number of furan rings is 1. The monoisotopic (exact) mass is 283 g/mol. The van der Waals surface area contributed by atoms with Gasteiger partial charge in [-0.25, -0.2) is 0 Å². The second kappa shape index (κ2) is 5.58.